The molecular formula is C17H14FN3O2. The minimum Gasteiger partial charge on any atom is -0.497 e. The summed E-state index contributed by atoms with van der Waals surface area (Å²) in [6.45, 7) is 0.0839. The van der Waals surface area contributed by atoms with E-state index in [1.165, 1.54) is 16.8 Å². The summed E-state index contributed by atoms with van der Waals surface area (Å²) in [4.78, 5) is 12.2. The zero-order valence-electron chi connectivity index (χ0n) is 12.4. The van der Waals surface area contributed by atoms with Crippen LogP contribution >= 0.6 is 0 Å². The van der Waals surface area contributed by atoms with Crippen molar-refractivity contribution in [1.29, 1.82) is 0 Å². The topological polar surface area (TPSA) is 57.0 Å². The molecule has 0 aliphatic carbocycles. The predicted molar refractivity (Wildman–Crippen MR) is 82.7 cm³/mol. The first-order valence-corrected chi connectivity index (χ1v) is 6.99. The molecule has 0 bridgehead atoms. The molecule has 1 aromatic heterocycles. The Kier molecular flexibility index (Phi) is 4.14. The maximum atomic E-state index is 12.9. The van der Waals surface area contributed by atoms with Gasteiger partial charge in [-0.2, -0.15) is 0 Å². The van der Waals surface area contributed by atoms with E-state index in [1.807, 2.05) is 0 Å². The van der Waals surface area contributed by atoms with E-state index in [2.05, 4.69) is 10.3 Å². The molecule has 23 heavy (non-hydrogen) atoms. The molecule has 0 aliphatic rings. The fourth-order valence-electron chi connectivity index (χ4n) is 2.14. The SMILES string of the molecule is COc1ccc(C(=O)Cn2cc(-c3ccc(F)cc3)nn2)cc1. The van der Waals surface area contributed by atoms with Gasteiger partial charge in [-0.15, -0.1) is 5.10 Å². The van der Waals surface area contributed by atoms with E-state index in [1.54, 1.807) is 49.7 Å². The second kappa shape index (κ2) is 6.39. The monoisotopic (exact) mass is 311 g/mol. The minimum atomic E-state index is -0.309. The molecule has 0 saturated carbocycles. The Bertz CT molecular complexity index is 811. The van der Waals surface area contributed by atoms with Crippen molar-refractivity contribution in [3.8, 4) is 17.0 Å². The molecule has 3 rings (SSSR count). The van der Waals surface area contributed by atoms with Gasteiger partial charge < -0.3 is 4.74 Å². The lowest BCUT2D eigenvalue weighted by atomic mass is 10.1. The number of carbonyl (C=O) groups is 1. The zero-order chi connectivity index (χ0) is 16.2. The van der Waals surface area contributed by atoms with E-state index in [0.717, 1.165) is 5.56 Å². The van der Waals surface area contributed by atoms with Crippen LogP contribution in [0.2, 0.25) is 0 Å². The molecular weight excluding hydrogens is 297 g/mol. The smallest absolute Gasteiger partial charge is 0.184 e. The summed E-state index contributed by atoms with van der Waals surface area (Å²) in [6, 6.07) is 12.8. The van der Waals surface area contributed by atoms with Crippen LogP contribution in [-0.2, 0) is 6.54 Å². The van der Waals surface area contributed by atoms with Gasteiger partial charge in [0.25, 0.3) is 0 Å². The molecule has 0 aliphatic heterocycles. The Morgan fingerprint density at radius 3 is 2.48 bits per heavy atom. The van der Waals surface area contributed by atoms with E-state index in [-0.39, 0.29) is 18.1 Å². The van der Waals surface area contributed by atoms with Crippen LogP contribution in [0.5, 0.6) is 5.75 Å². The Hall–Kier alpha value is -3.02. The van der Waals surface area contributed by atoms with Gasteiger partial charge in [0.1, 0.15) is 23.8 Å². The van der Waals surface area contributed by atoms with Crippen molar-refractivity contribution in [3.63, 3.8) is 0 Å². The Labute approximate surface area is 132 Å². The Morgan fingerprint density at radius 1 is 1.13 bits per heavy atom. The van der Waals surface area contributed by atoms with Gasteiger partial charge in [0.05, 0.1) is 13.3 Å². The van der Waals surface area contributed by atoms with Crippen LogP contribution in [0.1, 0.15) is 10.4 Å². The highest BCUT2D eigenvalue weighted by atomic mass is 19.1. The second-order valence-corrected chi connectivity index (χ2v) is 4.96. The molecule has 0 unspecified atom stereocenters. The summed E-state index contributed by atoms with van der Waals surface area (Å²) in [7, 11) is 1.57. The fourth-order valence-corrected chi connectivity index (χ4v) is 2.14. The predicted octanol–water partition coefficient (Wildman–Crippen LogP) is 2.98. The number of rotatable bonds is 5. The highest BCUT2D eigenvalue weighted by Gasteiger charge is 2.10. The molecule has 0 saturated heterocycles. The van der Waals surface area contributed by atoms with Gasteiger partial charge in [-0.1, -0.05) is 5.21 Å². The van der Waals surface area contributed by atoms with Crippen LogP contribution in [0.4, 0.5) is 4.39 Å². The first-order chi connectivity index (χ1) is 11.2. The number of nitrogens with zero attached hydrogens (tertiary/aromatic N) is 3. The third kappa shape index (κ3) is 3.42. The molecule has 0 N–H and O–H groups in total. The first kappa shape index (κ1) is 14.9. The van der Waals surface area contributed by atoms with Gasteiger partial charge in [-0.05, 0) is 48.5 Å². The lowest BCUT2D eigenvalue weighted by molar-refractivity contribution is 0.0967. The molecule has 3 aromatic rings. The van der Waals surface area contributed by atoms with Crippen LogP contribution < -0.4 is 4.74 Å². The molecule has 5 nitrogen and oxygen atoms in total. The second-order valence-electron chi connectivity index (χ2n) is 4.96. The summed E-state index contributed by atoms with van der Waals surface area (Å²) >= 11 is 0. The first-order valence-electron chi connectivity index (χ1n) is 6.99. The highest BCUT2D eigenvalue weighted by Crippen LogP contribution is 2.17. The van der Waals surface area contributed by atoms with Crippen molar-refractivity contribution in [2.75, 3.05) is 7.11 Å². The van der Waals surface area contributed by atoms with Gasteiger partial charge in [-0.25, -0.2) is 9.07 Å². The van der Waals surface area contributed by atoms with E-state index in [9.17, 15) is 9.18 Å². The van der Waals surface area contributed by atoms with Gasteiger partial charge >= 0.3 is 0 Å². The Balaban J connectivity index is 1.73. The molecule has 6 heteroatoms. The molecule has 0 atom stereocenters. The van der Waals surface area contributed by atoms with Gasteiger partial charge in [0.15, 0.2) is 5.78 Å². The third-order valence-corrected chi connectivity index (χ3v) is 3.40. The van der Waals surface area contributed by atoms with Crippen molar-refractivity contribution < 1.29 is 13.9 Å². The molecule has 0 fully saturated rings. The fraction of sp³-hybridized carbons (Fsp3) is 0.118. The van der Waals surface area contributed by atoms with Crippen molar-refractivity contribution in [2.24, 2.45) is 0 Å². The summed E-state index contributed by atoms with van der Waals surface area (Å²) in [5.74, 6) is 0.305. The molecule has 1 heterocycles. The number of aromatic nitrogens is 3. The molecule has 0 radical (unpaired) electrons. The quantitative estimate of drug-likeness (QED) is 0.680. The normalized spacial score (nSPS) is 10.5. The van der Waals surface area contributed by atoms with Crippen LogP contribution in [0.15, 0.2) is 54.7 Å². The van der Waals surface area contributed by atoms with Crippen molar-refractivity contribution in [3.05, 3.63) is 66.1 Å². The largest absolute Gasteiger partial charge is 0.497 e. The van der Waals surface area contributed by atoms with Crippen LogP contribution in [0.3, 0.4) is 0 Å². The van der Waals surface area contributed by atoms with E-state index in [4.69, 9.17) is 4.74 Å². The van der Waals surface area contributed by atoms with Gasteiger partial charge in [-0.3, -0.25) is 4.79 Å². The summed E-state index contributed by atoms with van der Waals surface area (Å²) in [5.41, 5.74) is 1.91. The number of ether oxygens (including phenoxy) is 1. The molecule has 0 amide bonds. The molecule has 0 spiro atoms. The average Bonchev–Trinajstić information content (AvgIpc) is 3.04. The van der Waals surface area contributed by atoms with E-state index in [0.29, 0.717) is 17.0 Å². The van der Waals surface area contributed by atoms with Crippen LogP contribution in [0.25, 0.3) is 11.3 Å². The van der Waals surface area contributed by atoms with E-state index < -0.39 is 0 Å². The third-order valence-electron chi connectivity index (χ3n) is 3.40. The maximum absolute atomic E-state index is 12.9. The van der Waals surface area contributed by atoms with Crippen LogP contribution in [-0.4, -0.2) is 27.9 Å². The van der Waals surface area contributed by atoms with Gasteiger partial charge in [0.2, 0.25) is 0 Å². The number of methoxy groups -OCH3 is 1. The van der Waals surface area contributed by atoms with Crippen molar-refractivity contribution in [1.82, 2.24) is 15.0 Å². The van der Waals surface area contributed by atoms with E-state index >= 15 is 0 Å². The van der Waals surface area contributed by atoms with Crippen LogP contribution in [0, 0.1) is 5.82 Å². The molecule has 2 aromatic carbocycles. The van der Waals surface area contributed by atoms with Gasteiger partial charge in [0, 0.05) is 11.1 Å². The Morgan fingerprint density at radius 2 is 1.83 bits per heavy atom. The number of hydrogen-bond acceptors (Lipinski definition) is 4. The summed E-state index contributed by atoms with van der Waals surface area (Å²) in [6.07, 6.45) is 1.66. The highest BCUT2D eigenvalue weighted by molar-refractivity contribution is 5.95. The number of benzene rings is 2. The lowest BCUT2D eigenvalue weighted by Gasteiger charge is -2.02. The minimum absolute atomic E-state index is 0.0804. The van der Waals surface area contributed by atoms with Crippen molar-refractivity contribution >= 4 is 5.78 Å². The number of carbonyl (C=O) groups excluding carboxylic acids is 1. The average molecular weight is 311 g/mol. The number of hydrogen-bond donors (Lipinski definition) is 0. The summed E-state index contributed by atoms with van der Waals surface area (Å²) in [5, 5.41) is 7.95. The standard InChI is InChI=1S/C17H14FN3O2/c1-23-15-8-4-13(5-9-15)17(22)11-21-10-16(19-20-21)12-2-6-14(18)7-3-12/h2-10H,11H2,1H3. The summed E-state index contributed by atoms with van der Waals surface area (Å²) < 4.78 is 19.5. The number of halogens is 1. The number of Topliss-reactive ketones (excluding diaryl/α,β-unsaturated/α-hetero) is 1. The van der Waals surface area contributed by atoms with Crippen molar-refractivity contribution in [2.45, 2.75) is 6.54 Å². The lowest BCUT2D eigenvalue weighted by Crippen LogP contribution is -2.10. The molecule has 116 valence electrons. The number of ketones is 1. The zero-order valence-corrected chi connectivity index (χ0v) is 12.4. The maximum Gasteiger partial charge on any atom is 0.184 e.